The molecular formula is C13H13N5O2. The predicted molar refractivity (Wildman–Crippen MR) is 74.6 cm³/mol. The molecule has 0 radical (unpaired) electrons. The van der Waals surface area contributed by atoms with Crippen molar-refractivity contribution in [3.63, 3.8) is 0 Å². The van der Waals surface area contributed by atoms with Crippen LogP contribution in [0.1, 0.15) is 0 Å². The molecule has 0 saturated carbocycles. The molecule has 2 aromatic heterocycles. The van der Waals surface area contributed by atoms with Crippen molar-refractivity contribution >= 4 is 17.0 Å². The second-order valence-corrected chi connectivity index (χ2v) is 4.14. The van der Waals surface area contributed by atoms with Gasteiger partial charge in [-0.3, -0.25) is 0 Å². The summed E-state index contributed by atoms with van der Waals surface area (Å²) in [7, 11) is 3.20. The van der Waals surface area contributed by atoms with Crippen LogP contribution in [0.5, 0.6) is 11.5 Å². The Hall–Kier alpha value is -2.83. The summed E-state index contributed by atoms with van der Waals surface area (Å²) in [5.74, 6) is 2.35. The molecule has 7 nitrogen and oxygen atoms in total. The van der Waals surface area contributed by atoms with Crippen molar-refractivity contribution in [2.75, 3.05) is 20.0 Å². The van der Waals surface area contributed by atoms with Crippen molar-refractivity contribution in [2.45, 2.75) is 0 Å². The van der Waals surface area contributed by atoms with Gasteiger partial charge in [-0.1, -0.05) is 0 Å². The lowest BCUT2D eigenvalue weighted by molar-refractivity contribution is 0.394. The number of ether oxygens (including phenoxy) is 2. The van der Waals surface area contributed by atoms with E-state index in [0.29, 0.717) is 34.3 Å². The first kappa shape index (κ1) is 12.2. The van der Waals surface area contributed by atoms with E-state index in [1.54, 1.807) is 20.3 Å². The molecule has 0 aliphatic heterocycles. The highest BCUT2D eigenvalue weighted by molar-refractivity contribution is 5.84. The molecule has 0 aliphatic carbocycles. The van der Waals surface area contributed by atoms with Gasteiger partial charge in [-0.05, 0) is 12.1 Å². The van der Waals surface area contributed by atoms with Gasteiger partial charge < -0.3 is 20.2 Å². The molecule has 7 heteroatoms. The summed E-state index contributed by atoms with van der Waals surface area (Å²) in [6, 6.07) is 5.49. The Morgan fingerprint density at radius 3 is 2.35 bits per heavy atom. The highest BCUT2D eigenvalue weighted by Gasteiger charge is 2.11. The fourth-order valence-corrected chi connectivity index (χ4v) is 1.93. The molecule has 102 valence electrons. The molecule has 0 spiro atoms. The van der Waals surface area contributed by atoms with E-state index >= 15 is 0 Å². The van der Waals surface area contributed by atoms with Gasteiger partial charge in [0.05, 0.1) is 14.2 Å². The standard InChI is InChI=1S/C13H13N5O2/c1-19-8-3-7(4-9(5-8)20-2)12-17-10-11(14)15-6-16-13(10)18-12/h3-6H,1-2H3,(H3,14,15,16,17,18). The number of anilines is 1. The molecule has 2 heterocycles. The number of methoxy groups -OCH3 is 2. The summed E-state index contributed by atoms with van der Waals surface area (Å²) >= 11 is 0. The Balaban J connectivity index is 2.17. The molecule has 0 saturated heterocycles. The van der Waals surface area contributed by atoms with Gasteiger partial charge in [0.15, 0.2) is 11.5 Å². The fraction of sp³-hybridized carbons (Fsp3) is 0.154. The molecule has 0 aliphatic rings. The number of nitrogens with one attached hydrogen (secondary N) is 1. The summed E-state index contributed by atoms with van der Waals surface area (Å²) in [6.45, 7) is 0. The van der Waals surface area contributed by atoms with Crippen LogP contribution in [0.15, 0.2) is 24.5 Å². The molecule has 20 heavy (non-hydrogen) atoms. The number of benzene rings is 1. The smallest absolute Gasteiger partial charge is 0.183 e. The number of aromatic nitrogens is 4. The zero-order chi connectivity index (χ0) is 14.1. The van der Waals surface area contributed by atoms with E-state index in [9.17, 15) is 0 Å². The van der Waals surface area contributed by atoms with Crippen LogP contribution in [0.25, 0.3) is 22.6 Å². The highest BCUT2D eigenvalue weighted by Crippen LogP contribution is 2.29. The molecule has 3 aromatic rings. The molecule has 0 unspecified atom stereocenters. The van der Waals surface area contributed by atoms with Crippen LogP contribution < -0.4 is 15.2 Å². The van der Waals surface area contributed by atoms with Gasteiger partial charge in [0.1, 0.15) is 29.2 Å². The summed E-state index contributed by atoms with van der Waals surface area (Å²) in [4.78, 5) is 15.5. The topological polar surface area (TPSA) is 98.9 Å². The van der Waals surface area contributed by atoms with Crippen molar-refractivity contribution < 1.29 is 9.47 Å². The van der Waals surface area contributed by atoms with Crippen LogP contribution in [0, 0.1) is 0 Å². The molecule has 0 amide bonds. The van der Waals surface area contributed by atoms with Gasteiger partial charge in [-0.2, -0.15) is 0 Å². The maximum Gasteiger partial charge on any atom is 0.183 e. The molecule has 3 rings (SSSR count). The van der Waals surface area contributed by atoms with Crippen molar-refractivity contribution in [1.82, 2.24) is 19.9 Å². The normalized spacial score (nSPS) is 10.7. The summed E-state index contributed by atoms with van der Waals surface area (Å²) in [6.07, 6.45) is 1.38. The molecule has 0 bridgehead atoms. The van der Waals surface area contributed by atoms with E-state index < -0.39 is 0 Å². The fourth-order valence-electron chi connectivity index (χ4n) is 1.93. The SMILES string of the molecule is COc1cc(OC)cc(-c2nc3ncnc(N)c3[nH]2)c1. The van der Waals surface area contributed by atoms with Gasteiger partial charge in [-0.15, -0.1) is 0 Å². The van der Waals surface area contributed by atoms with E-state index in [-0.39, 0.29) is 0 Å². The Morgan fingerprint density at radius 1 is 1.05 bits per heavy atom. The second kappa shape index (κ2) is 4.69. The summed E-state index contributed by atoms with van der Waals surface area (Å²) in [5, 5.41) is 0. The number of nitrogens with zero attached hydrogens (tertiary/aromatic N) is 3. The first-order valence-electron chi connectivity index (χ1n) is 5.91. The number of hydrogen-bond acceptors (Lipinski definition) is 6. The van der Waals surface area contributed by atoms with E-state index in [1.807, 2.05) is 12.1 Å². The van der Waals surface area contributed by atoms with E-state index in [0.717, 1.165) is 5.56 Å². The number of H-pyrrole nitrogens is 1. The minimum absolute atomic E-state index is 0.364. The van der Waals surface area contributed by atoms with Gasteiger partial charge in [0.25, 0.3) is 0 Å². The number of hydrogen-bond donors (Lipinski definition) is 2. The zero-order valence-electron chi connectivity index (χ0n) is 11.0. The number of aromatic amines is 1. The van der Waals surface area contributed by atoms with Gasteiger partial charge in [0, 0.05) is 11.6 Å². The van der Waals surface area contributed by atoms with Crippen LogP contribution in [0.3, 0.4) is 0 Å². The lowest BCUT2D eigenvalue weighted by Gasteiger charge is -2.06. The quantitative estimate of drug-likeness (QED) is 0.751. The van der Waals surface area contributed by atoms with Crippen LogP contribution in [-0.4, -0.2) is 34.2 Å². The van der Waals surface area contributed by atoms with Crippen molar-refractivity contribution in [2.24, 2.45) is 0 Å². The number of imidazole rings is 1. The zero-order valence-corrected chi connectivity index (χ0v) is 11.0. The highest BCUT2D eigenvalue weighted by atomic mass is 16.5. The Kier molecular flexibility index (Phi) is 2.86. The third-order valence-electron chi connectivity index (χ3n) is 2.94. The first-order chi connectivity index (χ1) is 9.71. The van der Waals surface area contributed by atoms with Gasteiger partial charge >= 0.3 is 0 Å². The minimum Gasteiger partial charge on any atom is -0.497 e. The maximum absolute atomic E-state index is 5.79. The molecular weight excluding hydrogens is 258 g/mol. The molecule has 0 fully saturated rings. The Morgan fingerprint density at radius 2 is 1.75 bits per heavy atom. The van der Waals surface area contributed by atoms with Crippen LogP contribution in [0.2, 0.25) is 0 Å². The monoisotopic (exact) mass is 271 g/mol. The first-order valence-corrected chi connectivity index (χ1v) is 5.91. The van der Waals surface area contributed by atoms with E-state index in [4.69, 9.17) is 15.2 Å². The maximum atomic E-state index is 5.79. The third kappa shape index (κ3) is 1.99. The number of nitrogens with two attached hydrogens (primary N) is 1. The van der Waals surface area contributed by atoms with E-state index in [1.165, 1.54) is 6.33 Å². The van der Waals surface area contributed by atoms with Crippen LogP contribution in [-0.2, 0) is 0 Å². The van der Waals surface area contributed by atoms with Gasteiger partial charge in [-0.25, -0.2) is 15.0 Å². The summed E-state index contributed by atoms with van der Waals surface area (Å²) < 4.78 is 10.5. The largest absolute Gasteiger partial charge is 0.497 e. The van der Waals surface area contributed by atoms with Crippen molar-refractivity contribution in [3.05, 3.63) is 24.5 Å². The predicted octanol–water partition coefficient (Wildman–Crippen LogP) is 1.62. The molecule has 0 atom stereocenters. The van der Waals surface area contributed by atoms with E-state index in [2.05, 4.69) is 19.9 Å². The molecule has 1 aromatic carbocycles. The minimum atomic E-state index is 0.364. The van der Waals surface area contributed by atoms with Gasteiger partial charge in [0.2, 0.25) is 0 Å². The Labute approximate surface area is 114 Å². The van der Waals surface area contributed by atoms with Crippen molar-refractivity contribution in [3.8, 4) is 22.9 Å². The summed E-state index contributed by atoms with van der Waals surface area (Å²) in [5.41, 5.74) is 7.74. The lowest BCUT2D eigenvalue weighted by Crippen LogP contribution is -1.91. The second-order valence-electron chi connectivity index (χ2n) is 4.14. The Bertz CT molecular complexity index is 746. The molecule has 3 N–H and O–H groups in total. The third-order valence-corrected chi connectivity index (χ3v) is 2.94. The average Bonchev–Trinajstić information content (AvgIpc) is 2.92. The van der Waals surface area contributed by atoms with Crippen LogP contribution in [0.4, 0.5) is 5.82 Å². The average molecular weight is 271 g/mol. The van der Waals surface area contributed by atoms with Crippen molar-refractivity contribution in [1.29, 1.82) is 0 Å². The number of nitrogen functional groups attached to an aromatic ring is 1. The number of fused-ring (bicyclic) bond motifs is 1. The number of rotatable bonds is 3. The van der Waals surface area contributed by atoms with Crippen LogP contribution >= 0.6 is 0 Å². The lowest BCUT2D eigenvalue weighted by atomic mass is 10.2.